The Bertz CT molecular complexity index is 618. The summed E-state index contributed by atoms with van der Waals surface area (Å²) in [6.45, 7) is 5.95. The Balaban J connectivity index is 3.21. The Morgan fingerprint density at radius 2 is 1.95 bits per heavy atom. The van der Waals surface area contributed by atoms with Crippen LogP contribution < -0.4 is 5.73 Å². The summed E-state index contributed by atoms with van der Waals surface area (Å²) in [5, 5.41) is 9.08. The average molecular weight is 295 g/mol. The third kappa shape index (κ3) is 3.50. The smallest absolute Gasteiger partial charge is 0.244 e. The van der Waals surface area contributed by atoms with Crippen LogP contribution in [0.25, 0.3) is 0 Å². The monoisotopic (exact) mass is 295 g/mol. The zero-order chi connectivity index (χ0) is 15.5. The lowest BCUT2D eigenvalue weighted by Crippen LogP contribution is -2.36. The van der Waals surface area contributed by atoms with Crippen LogP contribution in [0.5, 0.6) is 0 Å². The van der Waals surface area contributed by atoms with Crippen molar-refractivity contribution in [2.45, 2.75) is 38.1 Å². The first-order valence-corrected chi connectivity index (χ1v) is 7.91. The van der Waals surface area contributed by atoms with Gasteiger partial charge in [-0.05, 0) is 37.5 Å². The zero-order valence-electron chi connectivity index (χ0n) is 12.3. The lowest BCUT2D eigenvalue weighted by molar-refractivity contribution is 0.338. The van der Waals surface area contributed by atoms with Crippen LogP contribution in [-0.4, -0.2) is 25.8 Å². The van der Waals surface area contributed by atoms with Gasteiger partial charge in [0.2, 0.25) is 10.0 Å². The third-order valence-electron chi connectivity index (χ3n) is 3.21. The van der Waals surface area contributed by atoms with Gasteiger partial charge >= 0.3 is 0 Å². The molecule has 0 aliphatic heterocycles. The molecule has 6 heteroatoms. The largest absolute Gasteiger partial charge is 0.399 e. The quantitative estimate of drug-likeness (QED) is 0.843. The van der Waals surface area contributed by atoms with E-state index in [0.717, 1.165) is 6.42 Å². The molecule has 1 unspecified atom stereocenters. The molecule has 1 aromatic carbocycles. The number of nitrogens with two attached hydrogens (primary N) is 1. The van der Waals surface area contributed by atoms with Crippen LogP contribution in [0, 0.1) is 17.2 Å². The highest BCUT2D eigenvalue weighted by Crippen LogP contribution is 2.24. The van der Waals surface area contributed by atoms with Gasteiger partial charge in [-0.3, -0.25) is 0 Å². The highest BCUT2D eigenvalue weighted by molar-refractivity contribution is 7.89. The minimum Gasteiger partial charge on any atom is -0.399 e. The molecule has 0 amide bonds. The van der Waals surface area contributed by atoms with Gasteiger partial charge in [0, 0.05) is 18.8 Å². The highest BCUT2D eigenvalue weighted by Gasteiger charge is 2.28. The van der Waals surface area contributed by atoms with Gasteiger partial charge in [-0.2, -0.15) is 9.57 Å². The minimum atomic E-state index is -3.69. The maximum Gasteiger partial charge on any atom is 0.244 e. The van der Waals surface area contributed by atoms with E-state index in [-0.39, 0.29) is 16.5 Å². The van der Waals surface area contributed by atoms with Crippen LogP contribution in [0.1, 0.15) is 32.8 Å². The van der Waals surface area contributed by atoms with Crippen molar-refractivity contribution in [2.24, 2.45) is 5.92 Å². The Morgan fingerprint density at radius 3 is 2.45 bits per heavy atom. The van der Waals surface area contributed by atoms with Crippen molar-refractivity contribution < 1.29 is 8.42 Å². The maximum atomic E-state index is 12.6. The molecule has 2 N–H and O–H groups in total. The van der Waals surface area contributed by atoms with E-state index in [1.807, 2.05) is 26.8 Å². The fourth-order valence-corrected chi connectivity index (χ4v) is 3.58. The molecule has 0 aromatic heterocycles. The molecular weight excluding hydrogens is 274 g/mol. The van der Waals surface area contributed by atoms with E-state index in [0.29, 0.717) is 11.6 Å². The van der Waals surface area contributed by atoms with Crippen LogP contribution in [-0.2, 0) is 10.0 Å². The molecule has 5 nitrogen and oxygen atoms in total. The van der Waals surface area contributed by atoms with Crippen LogP contribution in [0.3, 0.4) is 0 Å². The molecule has 20 heavy (non-hydrogen) atoms. The fraction of sp³-hybridized carbons (Fsp3) is 0.500. The Labute approximate surface area is 121 Å². The lowest BCUT2D eigenvalue weighted by atomic mass is 10.1. The number of anilines is 1. The van der Waals surface area contributed by atoms with Gasteiger partial charge in [0.15, 0.2) is 0 Å². The molecule has 0 aliphatic carbocycles. The lowest BCUT2D eigenvalue weighted by Gasteiger charge is -2.26. The summed E-state index contributed by atoms with van der Waals surface area (Å²) in [5.74, 6) is 0.393. The van der Waals surface area contributed by atoms with E-state index in [1.165, 1.54) is 22.5 Å². The first-order chi connectivity index (χ1) is 9.20. The van der Waals surface area contributed by atoms with Crippen LogP contribution in [0.4, 0.5) is 5.69 Å². The second-order valence-electron chi connectivity index (χ2n) is 5.37. The van der Waals surface area contributed by atoms with Crippen molar-refractivity contribution in [3.05, 3.63) is 23.8 Å². The zero-order valence-corrected chi connectivity index (χ0v) is 13.1. The van der Waals surface area contributed by atoms with Crippen LogP contribution in [0.15, 0.2) is 23.1 Å². The molecule has 1 atom stereocenters. The molecule has 0 aliphatic rings. The molecule has 1 rings (SSSR count). The van der Waals surface area contributed by atoms with Crippen molar-refractivity contribution in [2.75, 3.05) is 12.8 Å². The third-order valence-corrected chi connectivity index (χ3v) is 5.24. The number of hydrogen-bond acceptors (Lipinski definition) is 4. The van der Waals surface area contributed by atoms with E-state index in [9.17, 15) is 8.42 Å². The second-order valence-corrected chi connectivity index (χ2v) is 7.33. The topological polar surface area (TPSA) is 87.2 Å². The summed E-state index contributed by atoms with van der Waals surface area (Å²) in [5.41, 5.74) is 6.04. The number of nitrogens with zero attached hydrogens (tertiary/aromatic N) is 2. The molecule has 0 saturated carbocycles. The van der Waals surface area contributed by atoms with Crippen molar-refractivity contribution >= 4 is 15.7 Å². The van der Waals surface area contributed by atoms with E-state index >= 15 is 0 Å². The maximum absolute atomic E-state index is 12.6. The van der Waals surface area contributed by atoms with Gasteiger partial charge in [0.05, 0.1) is 5.56 Å². The summed E-state index contributed by atoms with van der Waals surface area (Å²) in [7, 11) is -2.15. The molecule has 1 aromatic rings. The average Bonchev–Trinajstić information content (AvgIpc) is 2.36. The van der Waals surface area contributed by atoms with Gasteiger partial charge in [-0.15, -0.1) is 0 Å². The van der Waals surface area contributed by atoms with E-state index in [2.05, 4.69) is 0 Å². The molecule has 0 fully saturated rings. The SMILES string of the molecule is CC(C)CC(C)N(C)S(=O)(=O)c1ccc(N)cc1C#N. The number of benzene rings is 1. The number of rotatable bonds is 5. The normalized spacial score (nSPS) is 13.4. The van der Waals surface area contributed by atoms with Crippen molar-refractivity contribution in [3.63, 3.8) is 0 Å². The summed E-state index contributed by atoms with van der Waals surface area (Å²) in [4.78, 5) is 0.00676. The molecule has 0 saturated heterocycles. The van der Waals surface area contributed by atoms with Gasteiger partial charge < -0.3 is 5.73 Å². The predicted molar refractivity (Wildman–Crippen MR) is 79.4 cm³/mol. The summed E-state index contributed by atoms with van der Waals surface area (Å²) in [6.07, 6.45) is 0.757. The summed E-state index contributed by atoms with van der Waals surface area (Å²) < 4.78 is 26.5. The highest BCUT2D eigenvalue weighted by atomic mass is 32.2. The van der Waals surface area contributed by atoms with Gasteiger partial charge in [0.25, 0.3) is 0 Å². The van der Waals surface area contributed by atoms with E-state index in [1.54, 1.807) is 7.05 Å². The van der Waals surface area contributed by atoms with Crippen molar-refractivity contribution in [1.29, 1.82) is 5.26 Å². The number of sulfonamides is 1. The Kier molecular flexibility index (Phi) is 5.15. The molecule has 0 radical (unpaired) electrons. The van der Waals surface area contributed by atoms with Crippen molar-refractivity contribution in [1.82, 2.24) is 4.31 Å². The molecule has 0 bridgehead atoms. The van der Waals surface area contributed by atoms with Crippen LogP contribution in [0.2, 0.25) is 0 Å². The van der Waals surface area contributed by atoms with E-state index < -0.39 is 10.0 Å². The first-order valence-electron chi connectivity index (χ1n) is 6.47. The minimum absolute atomic E-state index is 0.00676. The summed E-state index contributed by atoms with van der Waals surface area (Å²) in [6, 6.07) is 6.02. The Morgan fingerprint density at radius 1 is 1.35 bits per heavy atom. The van der Waals surface area contributed by atoms with Gasteiger partial charge in [-0.1, -0.05) is 13.8 Å². The number of nitriles is 1. The molecule has 110 valence electrons. The molecule has 0 spiro atoms. The summed E-state index contributed by atoms with van der Waals surface area (Å²) >= 11 is 0. The number of nitrogen functional groups attached to an aromatic ring is 1. The first kappa shape index (κ1) is 16.5. The Hall–Kier alpha value is -1.58. The van der Waals surface area contributed by atoms with Gasteiger partial charge in [-0.25, -0.2) is 8.42 Å². The van der Waals surface area contributed by atoms with Crippen LogP contribution >= 0.6 is 0 Å². The van der Waals surface area contributed by atoms with Crippen molar-refractivity contribution in [3.8, 4) is 6.07 Å². The molecule has 0 heterocycles. The fourth-order valence-electron chi connectivity index (χ4n) is 2.08. The molecular formula is C14H21N3O2S. The van der Waals surface area contributed by atoms with E-state index in [4.69, 9.17) is 11.0 Å². The predicted octanol–water partition coefficient (Wildman–Crippen LogP) is 2.20. The standard InChI is InChI=1S/C14H21N3O2S/c1-10(2)7-11(3)17(4)20(18,19)14-6-5-13(16)8-12(14)9-15/h5-6,8,10-11H,7,16H2,1-4H3. The van der Waals surface area contributed by atoms with Gasteiger partial charge in [0.1, 0.15) is 11.0 Å². The number of hydrogen-bond donors (Lipinski definition) is 1. The second kappa shape index (κ2) is 6.25.